The van der Waals surface area contributed by atoms with Crippen molar-refractivity contribution in [1.29, 1.82) is 0 Å². The van der Waals surface area contributed by atoms with Gasteiger partial charge in [0, 0.05) is 19.5 Å². The van der Waals surface area contributed by atoms with Crippen LogP contribution in [0.25, 0.3) is 11.0 Å². The van der Waals surface area contributed by atoms with Gasteiger partial charge in [-0.1, -0.05) is 23.9 Å². The van der Waals surface area contributed by atoms with Crippen molar-refractivity contribution in [3.63, 3.8) is 0 Å². The van der Waals surface area contributed by atoms with Crippen LogP contribution in [0.4, 0.5) is 5.82 Å². The van der Waals surface area contributed by atoms with Gasteiger partial charge in [-0.15, -0.1) is 0 Å². The topological polar surface area (TPSA) is 66.9 Å². The summed E-state index contributed by atoms with van der Waals surface area (Å²) in [4.78, 5) is 11.5. The lowest BCUT2D eigenvalue weighted by Crippen LogP contribution is -2.29. The first-order valence-corrected chi connectivity index (χ1v) is 8.68. The zero-order valence-corrected chi connectivity index (χ0v) is 13.9. The molecule has 3 heterocycles. The maximum Gasteiger partial charge on any atom is 0.191 e. The molecule has 1 N–H and O–H groups in total. The van der Waals surface area contributed by atoms with E-state index in [1.807, 2.05) is 18.4 Å². The summed E-state index contributed by atoms with van der Waals surface area (Å²) in [6.45, 7) is 1.72. The van der Waals surface area contributed by atoms with Crippen LogP contribution in [0.1, 0.15) is 11.3 Å². The van der Waals surface area contributed by atoms with Gasteiger partial charge >= 0.3 is 0 Å². The van der Waals surface area contributed by atoms with Crippen LogP contribution in [0.3, 0.4) is 0 Å². The van der Waals surface area contributed by atoms with E-state index < -0.39 is 0 Å². The highest BCUT2D eigenvalue weighted by molar-refractivity contribution is 7.98. The van der Waals surface area contributed by atoms with Crippen LogP contribution in [0.5, 0.6) is 5.75 Å². The van der Waals surface area contributed by atoms with Crippen molar-refractivity contribution in [1.82, 2.24) is 20.2 Å². The third kappa shape index (κ3) is 2.50. The Morgan fingerprint density at radius 3 is 2.83 bits per heavy atom. The molecule has 0 spiro atoms. The van der Waals surface area contributed by atoms with Crippen LogP contribution in [-0.2, 0) is 13.0 Å². The minimum absolute atomic E-state index is 0.768. The summed E-state index contributed by atoms with van der Waals surface area (Å²) in [5, 5.41) is 9.25. The Bertz CT molecular complexity index is 846. The maximum absolute atomic E-state index is 5.22. The normalized spacial score (nSPS) is 13.6. The maximum atomic E-state index is 5.22. The Kier molecular flexibility index (Phi) is 3.57. The number of H-pyrrole nitrogens is 1. The number of hydrogen-bond donors (Lipinski definition) is 1. The number of ether oxygens (including phenoxy) is 1. The first-order valence-electron chi connectivity index (χ1n) is 7.45. The van der Waals surface area contributed by atoms with E-state index >= 15 is 0 Å². The van der Waals surface area contributed by atoms with Crippen molar-refractivity contribution in [3.05, 3.63) is 35.5 Å². The molecule has 0 unspecified atom stereocenters. The van der Waals surface area contributed by atoms with Gasteiger partial charge in [0.15, 0.2) is 10.8 Å². The number of aromatic amines is 1. The van der Waals surface area contributed by atoms with E-state index in [2.05, 4.69) is 32.2 Å². The molecule has 0 atom stereocenters. The second-order valence-electron chi connectivity index (χ2n) is 5.45. The first-order chi connectivity index (χ1) is 11.3. The minimum atomic E-state index is 0.768. The molecular formula is C16H17N5OS. The van der Waals surface area contributed by atoms with Gasteiger partial charge in [0.25, 0.3) is 0 Å². The number of nitrogens with one attached hydrogen (secondary N) is 1. The lowest BCUT2D eigenvalue weighted by atomic mass is 10.1. The third-order valence-electron chi connectivity index (χ3n) is 4.09. The highest BCUT2D eigenvalue weighted by Gasteiger charge is 2.24. The number of anilines is 1. The van der Waals surface area contributed by atoms with Crippen LogP contribution in [0.15, 0.2) is 29.4 Å². The number of rotatable bonds is 4. The van der Waals surface area contributed by atoms with E-state index in [0.29, 0.717) is 0 Å². The fraction of sp³-hybridized carbons (Fsp3) is 0.312. The van der Waals surface area contributed by atoms with Gasteiger partial charge in [0.1, 0.15) is 11.6 Å². The van der Waals surface area contributed by atoms with E-state index in [0.717, 1.165) is 53.0 Å². The summed E-state index contributed by atoms with van der Waals surface area (Å²) in [6.07, 6.45) is 2.90. The number of hydrogen-bond acceptors (Lipinski definition) is 6. The average molecular weight is 327 g/mol. The minimum Gasteiger partial charge on any atom is -0.497 e. The van der Waals surface area contributed by atoms with E-state index in [1.165, 1.54) is 5.56 Å². The molecule has 0 bridgehead atoms. The number of aromatic nitrogens is 4. The van der Waals surface area contributed by atoms with Gasteiger partial charge in [-0.3, -0.25) is 5.10 Å². The Morgan fingerprint density at radius 2 is 2.09 bits per heavy atom. The van der Waals surface area contributed by atoms with Gasteiger partial charge in [-0.25, -0.2) is 9.97 Å². The molecule has 4 rings (SSSR count). The van der Waals surface area contributed by atoms with Gasteiger partial charge in [-0.05, 0) is 24.0 Å². The quantitative estimate of drug-likeness (QED) is 0.587. The van der Waals surface area contributed by atoms with Crippen molar-refractivity contribution < 1.29 is 4.74 Å². The van der Waals surface area contributed by atoms with Crippen LogP contribution in [0, 0.1) is 0 Å². The number of methoxy groups -OCH3 is 1. The SMILES string of the molecule is COc1ccc(CN2CCc3n[nH]c4nc(SC)nc2c34)cc1. The van der Waals surface area contributed by atoms with E-state index in [-0.39, 0.29) is 0 Å². The number of benzene rings is 1. The summed E-state index contributed by atoms with van der Waals surface area (Å²) < 4.78 is 5.22. The lowest BCUT2D eigenvalue weighted by molar-refractivity contribution is 0.414. The second kappa shape index (κ2) is 5.73. The van der Waals surface area contributed by atoms with Gasteiger partial charge < -0.3 is 9.64 Å². The predicted octanol–water partition coefficient (Wildman–Crippen LogP) is 2.65. The van der Waals surface area contributed by atoms with Gasteiger partial charge in [-0.2, -0.15) is 5.10 Å². The monoisotopic (exact) mass is 327 g/mol. The van der Waals surface area contributed by atoms with Crippen molar-refractivity contribution in [3.8, 4) is 5.75 Å². The molecule has 118 valence electrons. The standard InChI is InChI=1S/C16H17N5OS/c1-22-11-5-3-10(4-6-11)9-21-8-7-12-13-14(20-19-12)17-16(23-2)18-15(13)21/h3-6H,7-9H2,1-2H3,(H,17,18,19,20). The Labute approximate surface area is 138 Å². The molecule has 6 nitrogen and oxygen atoms in total. The van der Waals surface area contributed by atoms with E-state index in [9.17, 15) is 0 Å². The number of thioether (sulfide) groups is 1. The van der Waals surface area contributed by atoms with Crippen LogP contribution >= 0.6 is 11.8 Å². The molecule has 23 heavy (non-hydrogen) atoms. The fourth-order valence-corrected chi connectivity index (χ4v) is 3.27. The van der Waals surface area contributed by atoms with Crippen LogP contribution in [0.2, 0.25) is 0 Å². The summed E-state index contributed by atoms with van der Waals surface area (Å²) in [7, 11) is 1.68. The molecule has 0 saturated carbocycles. The molecule has 0 fully saturated rings. The predicted molar refractivity (Wildman–Crippen MR) is 91.2 cm³/mol. The summed E-state index contributed by atoms with van der Waals surface area (Å²) in [6, 6.07) is 8.17. The Balaban J connectivity index is 1.71. The molecule has 0 saturated heterocycles. The molecule has 1 aliphatic rings. The highest BCUT2D eigenvalue weighted by Crippen LogP contribution is 2.32. The molecule has 1 aromatic carbocycles. The zero-order valence-electron chi connectivity index (χ0n) is 13.0. The van der Waals surface area contributed by atoms with Crippen LogP contribution < -0.4 is 9.64 Å². The first kappa shape index (κ1) is 14.3. The molecular weight excluding hydrogens is 310 g/mol. The average Bonchev–Trinajstić information content (AvgIpc) is 3.02. The Hall–Kier alpha value is -2.28. The molecule has 2 aromatic heterocycles. The van der Waals surface area contributed by atoms with Gasteiger partial charge in [0.2, 0.25) is 0 Å². The zero-order chi connectivity index (χ0) is 15.8. The third-order valence-corrected chi connectivity index (χ3v) is 4.64. The smallest absolute Gasteiger partial charge is 0.191 e. The largest absolute Gasteiger partial charge is 0.497 e. The van der Waals surface area contributed by atoms with Crippen LogP contribution in [-0.4, -0.2) is 40.1 Å². The summed E-state index contributed by atoms with van der Waals surface area (Å²) in [5.74, 6) is 1.85. The molecule has 1 aliphatic heterocycles. The molecule has 7 heteroatoms. The highest BCUT2D eigenvalue weighted by atomic mass is 32.2. The molecule has 0 aliphatic carbocycles. The van der Waals surface area contributed by atoms with Crippen molar-refractivity contribution in [2.24, 2.45) is 0 Å². The fourth-order valence-electron chi connectivity index (χ4n) is 2.90. The van der Waals surface area contributed by atoms with E-state index in [4.69, 9.17) is 9.72 Å². The van der Waals surface area contributed by atoms with E-state index in [1.54, 1.807) is 18.9 Å². The lowest BCUT2D eigenvalue weighted by Gasteiger charge is -2.27. The molecule has 0 radical (unpaired) electrons. The molecule has 0 amide bonds. The summed E-state index contributed by atoms with van der Waals surface area (Å²) >= 11 is 1.55. The van der Waals surface area contributed by atoms with Gasteiger partial charge in [0.05, 0.1) is 18.2 Å². The van der Waals surface area contributed by atoms with Crippen molar-refractivity contribution in [2.45, 2.75) is 18.1 Å². The molecule has 3 aromatic rings. The number of nitrogens with zero attached hydrogens (tertiary/aromatic N) is 4. The Morgan fingerprint density at radius 1 is 1.26 bits per heavy atom. The van der Waals surface area contributed by atoms with Crippen molar-refractivity contribution in [2.75, 3.05) is 24.8 Å². The second-order valence-corrected chi connectivity index (χ2v) is 6.22. The van der Waals surface area contributed by atoms with Crippen molar-refractivity contribution >= 4 is 28.6 Å². The summed E-state index contributed by atoms with van der Waals surface area (Å²) in [5.41, 5.74) is 3.12.